The van der Waals surface area contributed by atoms with E-state index in [1.165, 1.54) is 17.8 Å². The number of benzene rings is 2. The first kappa shape index (κ1) is 25.2. The highest BCUT2D eigenvalue weighted by molar-refractivity contribution is 7.98. The summed E-state index contributed by atoms with van der Waals surface area (Å²) < 4.78 is 45.9. The highest BCUT2D eigenvalue weighted by Crippen LogP contribution is 2.32. The van der Waals surface area contributed by atoms with Crippen LogP contribution in [-0.4, -0.2) is 33.0 Å². The minimum atomic E-state index is -4.43. The van der Waals surface area contributed by atoms with Crippen LogP contribution in [0.15, 0.2) is 72.0 Å². The van der Waals surface area contributed by atoms with Crippen LogP contribution in [0, 0.1) is 0 Å². The molecular formula is C25H21F3N4O3S. The van der Waals surface area contributed by atoms with Crippen molar-refractivity contribution < 1.29 is 27.5 Å². The fourth-order valence-electron chi connectivity index (χ4n) is 3.49. The molecular weight excluding hydrogens is 493 g/mol. The molecule has 0 saturated carbocycles. The smallest absolute Gasteiger partial charge is 0.416 e. The number of imidazole rings is 1. The lowest BCUT2D eigenvalue weighted by molar-refractivity contribution is -0.137. The van der Waals surface area contributed by atoms with E-state index in [0.29, 0.717) is 27.6 Å². The topological polar surface area (TPSA) is 86.1 Å². The molecule has 1 N–H and O–H groups in total. The van der Waals surface area contributed by atoms with Gasteiger partial charge in [-0.25, -0.2) is 14.8 Å². The summed E-state index contributed by atoms with van der Waals surface area (Å²) in [4.78, 5) is 34.0. The number of hydrogen-bond donors (Lipinski definition) is 1. The largest absolute Gasteiger partial charge is 0.462 e. The number of anilines is 1. The molecule has 0 unspecified atom stereocenters. The summed E-state index contributed by atoms with van der Waals surface area (Å²) in [6, 6.07) is 15.0. The summed E-state index contributed by atoms with van der Waals surface area (Å²) in [5, 5.41) is 3.15. The van der Waals surface area contributed by atoms with Crippen LogP contribution in [0.5, 0.6) is 0 Å². The standard InChI is InChI=1S/C25H21F3N4O3S/c1-2-35-23(34)18-9-3-4-10-19(18)30-21(33)14-32-22-20(11-6-12-29-22)31-24(32)36-15-16-7-5-8-17(13-16)25(26,27)28/h3-13H,2,14-15H2,1H3,(H,30,33). The summed E-state index contributed by atoms with van der Waals surface area (Å²) in [6.45, 7) is 1.71. The maximum Gasteiger partial charge on any atom is 0.416 e. The van der Waals surface area contributed by atoms with Crippen molar-refractivity contribution in [1.29, 1.82) is 0 Å². The molecule has 0 saturated heterocycles. The zero-order valence-electron chi connectivity index (χ0n) is 19.1. The molecule has 0 atom stereocenters. The van der Waals surface area contributed by atoms with E-state index in [9.17, 15) is 22.8 Å². The van der Waals surface area contributed by atoms with Gasteiger partial charge in [0.25, 0.3) is 0 Å². The fraction of sp³-hybridized carbons (Fsp3) is 0.200. The molecule has 186 valence electrons. The van der Waals surface area contributed by atoms with Gasteiger partial charge in [-0.3, -0.25) is 9.36 Å². The molecule has 2 aromatic heterocycles. The molecule has 0 aliphatic rings. The van der Waals surface area contributed by atoms with Crippen LogP contribution in [-0.2, 0) is 28.0 Å². The van der Waals surface area contributed by atoms with Crippen LogP contribution < -0.4 is 5.32 Å². The van der Waals surface area contributed by atoms with E-state index in [2.05, 4.69) is 15.3 Å². The molecule has 0 spiro atoms. The van der Waals surface area contributed by atoms with Crippen LogP contribution in [0.2, 0.25) is 0 Å². The highest BCUT2D eigenvalue weighted by Gasteiger charge is 2.30. The number of fused-ring (bicyclic) bond motifs is 1. The average Bonchev–Trinajstić information content (AvgIpc) is 3.20. The van der Waals surface area contributed by atoms with E-state index in [1.807, 2.05) is 0 Å². The van der Waals surface area contributed by atoms with Crippen LogP contribution in [0.25, 0.3) is 11.2 Å². The Morgan fingerprint density at radius 1 is 1.08 bits per heavy atom. The van der Waals surface area contributed by atoms with Crippen LogP contribution in [0.1, 0.15) is 28.4 Å². The first-order valence-electron chi connectivity index (χ1n) is 10.9. The minimum absolute atomic E-state index is 0.171. The number of nitrogens with zero attached hydrogens (tertiary/aromatic N) is 3. The third-order valence-corrected chi connectivity index (χ3v) is 6.14. The number of amides is 1. The monoisotopic (exact) mass is 514 g/mol. The molecule has 0 aliphatic heterocycles. The molecule has 4 rings (SSSR count). The lowest BCUT2D eigenvalue weighted by Gasteiger charge is -2.12. The Bertz CT molecular complexity index is 1400. The van der Waals surface area contributed by atoms with Gasteiger partial charge in [0.15, 0.2) is 10.8 Å². The summed E-state index contributed by atoms with van der Waals surface area (Å²) in [7, 11) is 0. The van der Waals surface area contributed by atoms with Crippen molar-refractivity contribution in [1.82, 2.24) is 14.5 Å². The Kier molecular flexibility index (Phi) is 7.58. The lowest BCUT2D eigenvalue weighted by atomic mass is 10.1. The van der Waals surface area contributed by atoms with Gasteiger partial charge in [0.1, 0.15) is 12.1 Å². The van der Waals surface area contributed by atoms with Crippen LogP contribution in [0.3, 0.4) is 0 Å². The van der Waals surface area contributed by atoms with Crippen LogP contribution in [0.4, 0.5) is 18.9 Å². The third-order valence-electron chi connectivity index (χ3n) is 5.09. The quantitative estimate of drug-likeness (QED) is 0.245. The number of nitrogens with one attached hydrogen (secondary N) is 1. The van der Waals surface area contributed by atoms with Crippen molar-refractivity contribution in [3.05, 3.63) is 83.6 Å². The Hall–Kier alpha value is -3.86. The van der Waals surface area contributed by atoms with E-state index in [0.717, 1.165) is 12.1 Å². The predicted molar refractivity (Wildman–Crippen MR) is 130 cm³/mol. The molecule has 2 heterocycles. The van der Waals surface area contributed by atoms with Crippen molar-refractivity contribution in [3.63, 3.8) is 0 Å². The van der Waals surface area contributed by atoms with E-state index in [-0.39, 0.29) is 24.5 Å². The van der Waals surface area contributed by atoms with Crippen LogP contribution >= 0.6 is 11.8 Å². The molecule has 0 fully saturated rings. The molecule has 4 aromatic rings. The van der Waals surface area contributed by atoms with Crippen molar-refractivity contribution >= 4 is 40.5 Å². The number of para-hydroxylation sites is 1. The first-order valence-corrected chi connectivity index (χ1v) is 11.9. The zero-order valence-corrected chi connectivity index (χ0v) is 19.9. The SMILES string of the molecule is CCOC(=O)c1ccccc1NC(=O)Cn1c(SCc2cccc(C(F)(F)F)c2)nc2cccnc21. The molecule has 1 amide bonds. The number of esters is 1. The fourth-order valence-corrected chi connectivity index (χ4v) is 4.43. The maximum atomic E-state index is 13.1. The van der Waals surface area contributed by atoms with Gasteiger partial charge in [-0.05, 0) is 42.8 Å². The van der Waals surface area contributed by atoms with Crippen molar-refractivity contribution in [3.8, 4) is 0 Å². The number of carbonyl (C=O) groups is 2. The number of ether oxygens (including phenoxy) is 1. The number of rotatable bonds is 8. The second kappa shape index (κ2) is 10.8. The third kappa shape index (κ3) is 5.85. The summed E-state index contributed by atoms with van der Waals surface area (Å²) in [5.74, 6) is -0.779. The number of halogens is 3. The highest BCUT2D eigenvalue weighted by atomic mass is 32.2. The number of aromatic nitrogens is 3. The van der Waals surface area contributed by atoms with Gasteiger partial charge in [-0.2, -0.15) is 13.2 Å². The van der Waals surface area contributed by atoms with E-state index in [4.69, 9.17) is 4.74 Å². The summed E-state index contributed by atoms with van der Waals surface area (Å²) in [5.41, 5.74) is 1.27. The zero-order chi connectivity index (χ0) is 25.7. The van der Waals surface area contributed by atoms with Crippen molar-refractivity contribution in [2.75, 3.05) is 11.9 Å². The number of thioether (sulfide) groups is 1. The van der Waals surface area contributed by atoms with Gasteiger partial charge >= 0.3 is 12.1 Å². The normalized spacial score (nSPS) is 11.4. The molecule has 0 radical (unpaired) electrons. The molecule has 0 aliphatic carbocycles. The lowest BCUT2D eigenvalue weighted by Crippen LogP contribution is -2.21. The Labute approximate surface area is 208 Å². The number of hydrogen-bond acceptors (Lipinski definition) is 6. The van der Waals surface area contributed by atoms with Crippen molar-refractivity contribution in [2.24, 2.45) is 0 Å². The second-order valence-electron chi connectivity index (χ2n) is 7.63. The van der Waals surface area contributed by atoms with Gasteiger partial charge in [-0.1, -0.05) is 42.1 Å². The van der Waals surface area contributed by atoms with E-state index in [1.54, 1.807) is 60.2 Å². The van der Waals surface area contributed by atoms with Gasteiger partial charge in [0, 0.05) is 11.9 Å². The second-order valence-corrected chi connectivity index (χ2v) is 8.57. The predicted octanol–water partition coefficient (Wildman–Crippen LogP) is 5.56. The van der Waals surface area contributed by atoms with Gasteiger partial charge in [0.05, 0.1) is 23.4 Å². The van der Waals surface area contributed by atoms with E-state index >= 15 is 0 Å². The average molecular weight is 515 g/mol. The Balaban J connectivity index is 1.56. The molecule has 11 heteroatoms. The number of alkyl halides is 3. The van der Waals surface area contributed by atoms with Gasteiger partial charge in [-0.15, -0.1) is 0 Å². The Morgan fingerprint density at radius 3 is 2.67 bits per heavy atom. The minimum Gasteiger partial charge on any atom is -0.462 e. The summed E-state index contributed by atoms with van der Waals surface area (Å²) >= 11 is 1.20. The first-order chi connectivity index (χ1) is 17.3. The maximum absolute atomic E-state index is 13.1. The van der Waals surface area contributed by atoms with E-state index < -0.39 is 23.6 Å². The molecule has 36 heavy (non-hydrogen) atoms. The summed E-state index contributed by atoms with van der Waals surface area (Å²) in [6.07, 6.45) is -2.87. The van der Waals surface area contributed by atoms with Gasteiger partial charge in [0.2, 0.25) is 5.91 Å². The molecule has 7 nitrogen and oxygen atoms in total. The molecule has 2 aromatic carbocycles. The van der Waals surface area contributed by atoms with Crippen molar-refractivity contribution in [2.45, 2.75) is 30.6 Å². The molecule has 0 bridgehead atoms. The number of pyridine rings is 1. The van der Waals surface area contributed by atoms with Gasteiger partial charge < -0.3 is 10.1 Å². The number of carbonyl (C=O) groups excluding carboxylic acids is 2. The Morgan fingerprint density at radius 2 is 1.89 bits per heavy atom.